The summed E-state index contributed by atoms with van der Waals surface area (Å²) in [4.78, 5) is 4.51. The first-order valence-electron chi connectivity index (χ1n) is 6.42. The van der Waals surface area contributed by atoms with Gasteiger partial charge in [-0.1, -0.05) is 32.9 Å². The minimum absolute atomic E-state index is 0.0346. The Balaban J connectivity index is 2.13. The summed E-state index contributed by atoms with van der Waals surface area (Å²) in [7, 11) is 0. The minimum atomic E-state index is 0.0346. The van der Waals surface area contributed by atoms with Crippen molar-refractivity contribution in [2.75, 3.05) is 5.43 Å². The van der Waals surface area contributed by atoms with Crippen LogP contribution in [0.2, 0.25) is 0 Å². The van der Waals surface area contributed by atoms with Gasteiger partial charge in [0.2, 0.25) is 5.13 Å². The number of aromatic hydroxyl groups is 1. The molecule has 0 spiro atoms. The van der Waals surface area contributed by atoms with Gasteiger partial charge >= 0.3 is 0 Å². The summed E-state index contributed by atoms with van der Waals surface area (Å²) in [6.07, 6.45) is 0. The highest BCUT2D eigenvalue weighted by Gasteiger charge is 2.17. The van der Waals surface area contributed by atoms with E-state index in [1.165, 1.54) is 11.3 Å². The van der Waals surface area contributed by atoms with Crippen LogP contribution in [0.4, 0.5) is 5.13 Å². The number of hydrazone groups is 1. The van der Waals surface area contributed by atoms with Crippen molar-refractivity contribution >= 4 is 22.2 Å². The van der Waals surface area contributed by atoms with Crippen molar-refractivity contribution in [3.8, 4) is 5.75 Å². The zero-order valence-corrected chi connectivity index (χ0v) is 13.0. The Morgan fingerprint density at radius 3 is 2.60 bits per heavy atom. The molecule has 2 N–H and O–H groups in total. The van der Waals surface area contributed by atoms with Crippen molar-refractivity contribution in [2.24, 2.45) is 5.10 Å². The van der Waals surface area contributed by atoms with E-state index < -0.39 is 0 Å². The molecule has 0 saturated heterocycles. The lowest BCUT2D eigenvalue weighted by Gasteiger charge is -2.14. The molecular formula is C15H19N3OS. The molecule has 4 nitrogen and oxygen atoms in total. The topological polar surface area (TPSA) is 57.5 Å². The van der Waals surface area contributed by atoms with Crippen LogP contribution in [-0.4, -0.2) is 15.8 Å². The maximum absolute atomic E-state index is 9.77. The number of aromatic nitrogens is 1. The molecule has 1 heterocycles. The van der Waals surface area contributed by atoms with Gasteiger partial charge in [-0.15, -0.1) is 11.3 Å². The maximum Gasteiger partial charge on any atom is 0.203 e. The van der Waals surface area contributed by atoms with E-state index >= 15 is 0 Å². The SMILES string of the molecule is C/C(=N\Nc1nc(C(C)(C)C)cs1)c1ccccc1O. The summed E-state index contributed by atoms with van der Waals surface area (Å²) in [6.45, 7) is 8.23. The average molecular weight is 289 g/mol. The third kappa shape index (κ3) is 3.36. The van der Waals surface area contributed by atoms with Crippen LogP contribution in [0.15, 0.2) is 34.7 Å². The molecule has 2 aromatic rings. The second-order valence-corrected chi connectivity index (χ2v) is 6.47. The highest BCUT2D eigenvalue weighted by Crippen LogP contribution is 2.26. The van der Waals surface area contributed by atoms with Gasteiger partial charge in [0.25, 0.3) is 0 Å². The lowest BCUT2D eigenvalue weighted by Crippen LogP contribution is -2.11. The molecule has 2 rings (SSSR count). The van der Waals surface area contributed by atoms with Crippen molar-refractivity contribution in [1.82, 2.24) is 4.98 Å². The van der Waals surface area contributed by atoms with Gasteiger partial charge in [0, 0.05) is 16.4 Å². The van der Waals surface area contributed by atoms with Crippen LogP contribution < -0.4 is 5.43 Å². The van der Waals surface area contributed by atoms with Gasteiger partial charge in [-0.05, 0) is 19.1 Å². The quantitative estimate of drug-likeness (QED) is 0.663. The third-order valence-electron chi connectivity index (χ3n) is 2.89. The second-order valence-electron chi connectivity index (χ2n) is 5.61. The van der Waals surface area contributed by atoms with Crippen LogP contribution in [-0.2, 0) is 5.41 Å². The van der Waals surface area contributed by atoms with Gasteiger partial charge in [0.05, 0.1) is 11.4 Å². The maximum atomic E-state index is 9.77. The first-order chi connectivity index (χ1) is 9.38. The number of thiazole rings is 1. The fraction of sp³-hybridized carbons (Fsp3) is 0.333. The normalized spacial score (nSPS) is 12.5. The first-order valence-corrected chi connectivity index (χ1v) is 7.30. The molecule has 0 amide bonds. The zero-order chi connectivity index (χ0) is 14.8. The predicted octanol–water partition coefficient (Wildman–Crippen LogP) is 3.98. The van der Waals surface area contributed by atoms with Gasteiger partial charge in [0.1, 0.15) is 5.75 Å². The monoisotopic (exact) mass is 289 g/mol. The van der Waals surface area contributed by atoms with E-state index in [1.807, 2.05) is 24.4 Å². The van der Waals surface area contributed by atoms with Crippen molar-refractivity contribution in [3.63, 3.8) is 0 Å². The molecule has 0 radical (unpaired) electrons. The molecule has 0 aliphatic carbocycles. The molecule has 0 bridgehead atoms. The minimum Gasteiger partial charge on any atom is -0.507 e. The van der Waals surface area contributed by atoms with E-state index in [2.05, 4.69) is 36.3 Å². The predicted molar refractivity (Wildman–Crippen MR) is 84.8 cm³/mol. The summed E-state index contributed by atoms with van der Waals surface area (Å²) in [5.74, 6) is 0.227. The summed E-state index contributed by atoms with van der Waals surface area (Å²) < 4.78 is 0. The Kier molecular flexibility index (Phi) is 4.09. The lowest BCUT2D eigenvalue weighted by molar-refractivity contribution is 0.474. The number of phenols is 1. The summed E-state index contributed by atoms with van der Waals surface area (Å²) in [5.41, 5.74) is 5.46. The van der Waals surface area contributed by atoms with Gasteiger partial charge in [-0.2, -0.15) is 5.10 Å². The van der Waals surface area contributed by atoms with E-state index in [0.29, 0.717) is 5.56 Å². The lowest BCUT2D eigenvalue weighted by atomic mass is 9.93. The van der Waals surface area contributed by atoms with E-state index in [4.69, 9.17) is 0 Å². The molecule has 0 aliphatic heterocycles. The molecule has 0 unspecified atom stereocenters. The zero-order valence-electron chi connectivity index (χ0n) is 12.1. The van der Waals surface area contributed by atoms with Gasteiger partial charge < -0.3 is 5.11 Å². The molecule has 5 heteroatoms. The van der Waals surface area contributed by atoms with Crippen molar-refractivity contribution in [3.05, 3.63) is 40.9 Å². The number of hydrogen-bond donors (Lipinski definition) is 2. The van der Waals surface area contributed by atoms with Gasteiger partial charge in [-0.25, -0.2) is 4.98 Å². The Hall–Kier alpha value is -1.88. The summed E-state index contributed by atoms with van der Waals surface area (Å²) in [5, 5.41) is 16.8. The van der Waals surface area contributed by atoms with E-state index in [-0.39, 0.29) is 11.2 Å². The molecular weight excluding hydrogens is 270 g/mol. The number of para-hydroxylation sites is 1. The van der Waals surface area contributed by atoms with Crippen molar-refractivity contribution < 1.29 is 5.11 Å². The van der Waals surface area contributed by atoms with Crippen LogP contribution in [0.1, 0.15) is 39.0 Å². The average Bonchev–Trinajstić information content (AvgIpc) is 2.85. The number of nitrogens with zero attached hydrogens (tertiary/aromatic N) is 2. The molecule has 106 valence electrons. The highest BCUT2D eigenvalue weighted by molar-refractivity contribution is 7.13. The molecule has 0 saturated carbocycles. The number of anilines is 1. The molecule has 0 fully saturated rings. The van der Waals surface area contributed by atoms with Crippen molar-refractivity contribution in [2.45, 2.75) is 33.1 Å². The van der Waals surface area contributed by atoms with Crippen LogP contribution in [0.3, 0.4) is 0 Å². The second kappa shape index (κ2) is 5.63. The molecule has 0 aliphatic rings. The number of phenolic OH excluding ortho intramolecular Hbond substituents is 1. The largest absolute Gasteiger partial charge is 0.507 e. The van der Waals surface area contributed by atoms with Gasteiger partial charge in [0.15, 0.2) is 0 Å². The smallest absolute Gasteiger partial charge is 0.203 e. The molecule has 1 aromatic heterocycles. The number of benzene rings is 1. The Labute approximate surface area is 123 Å². The van der Waals surface area contributed by atoms with Crippen molar-refractivity contribution in [1.29, 1.82) is 0 Å². The standard InChI is InChI=1S/C15H19N3OS/c1-10(11-7-5-6-8-12(11)19)17-18-14-16-13(9-20-14)15(2,3)4/h5-9,19H,1-4H3,(H,16,18)/b17-10+. The highest BCUT2D eigenvalue weighted by atomic mass is 32.1. The number of nitrogens with one attached hydrogen (secondary N) is 1. The molecule has 20 heavy (non-hydrogen) atoms. The molecule has 0 atom stereocenters. The Morgan fingerprint density at radius 1 is 1.30 bits per heavy atom. The fourth-order valence-corrected chi connectivity index (χ4v) is 2.52. The van der Waals surface area contributed by atoms with E-state index in [0.717, 1.165) is 16.5 Å². The fourth-order valence-electron chi connectivity index (χ4n) is 1.64. The Morgan fingerprint density at radius 2 is 2.00 bits per heavy atom. The molecule has 1 aromatic carbocycles. The number of rotatable bonds is 3. The first kappa shape index (κ1) is 14.5. The van der Waals surface area contributed by atoms with Crippen LogP contribution in [0.5, 0.6) is 5.75 Å². The van der Waals surface area contributed by atoms with Crippen LogP contribution in [0, 0.1) is 0 Å². The van der Waals surface area contributed by atoms with E-state index in [1.54, 1.807) is 12.1 Å². The van der Waals surface area contributed by atoms with E-state index in [9.17, 15) is 5.11 Å². The summed E-state index contributed by atoms with van der Waals surface area (Å²) >= 11 is 1.53. The number of hydrogen-bond acceptors (Lipinski definition) is 5. The summed E-state index contributed by atoms with van der Waals surface area (Å²) in [6, 6.07) is 7.14. The van der Waals surface area contributed by atoms with Crippen LogP contribution in [0.25, 0.3) is 0 Å². The third-order valence-corrected chi connectivity index (χ3v) is 3.63. The Bertz CT molecular complexity index is 626. The van der Waals surface area contributed by atoms with Gasteiger partial charge in [-0.3, -0.25) is 5.43 Å². The van der Waals surface area contributed by atoms with Crippen LogP contribution >= 0.6 is 11.3 Å².